The van der Waals surface area contributed by atoms with Crippen LogP contribution in [-0.2, 0) is 4.79 Å². The summed E-state index contributed by atoms with van der Waals surface area (Å²) >= 11 is 0. The largest absolute Gasteiger partial charge is 0.369 e. The quantitative estimate of drug-likeness (QED) is 0.898. The Bertz CT molecular complexity index is 474. The summed E-state index contributed by atoms with van der Waals surface area (Å²) in [6.07, 6.45) is 2.06. The average molecular weight is 262 g/mol. The molecule has 1 saturated heterocycles. The number of benzene rings is 1. The first-order valence-electron chi connectivity index (χ1n) is 6.90. The van der Waals surface area contributed by atoms with Gasteiger partial charge in [-0.3, -0.25) is 4.79 Å². The van der Waals surface area contributed by atoms with Crippen molar-refractivity contribution in [3.05, 3.63) is 35.6 Å². The summed E-state index contributed by atoms with van der Waals surface area (Å²) in [5.41, 5.74) is 6.57. The van der Waals surface area contributed by atoms with Gasteiger partial charge in [-0.25, -0.2) is 4.39 Å². The van der Waals surface area contributed by atoms with Crippen LogP contribution in [0.3, 0.4) is 0 Å². The Hall–Kier alpha value is -1.42. The number of carbonyl (C=O) groups excluding carboxylic acids is 1. The first-order valence-corrected chi connectivity index (χ1v) is 6.90. The highest BCUT2D eigenvalue weighted by atomic mass is 19.1. The normalized spacial score (nSPS) is 30.5. The molecule has 2 fully saturated rings. The van der Waals surface area contributed by atoms with Crippen LogP contribution in [-0.4, -0.2) is 30.4 Å². The number of likely N-dealkylation sites (tertiary alicyclic amines) is 1. The van der Waals surface area contributed by atoms with Crippen molar-refractivity contribution < 1.29 is 9.18 Å². The van der Waals surface area contributed by atoms with Crippen LogP contribution in [0.1, 0.15) is 24.3 Å². The van der Waals surface area contributed by atoms with Gasteiger partial charge in [0, 0.05) is 13.1 Å². The highest BCUT2D eigenvalue weighted by Crippen LogP contribution is 2.48. The second-order valence-electron chi connectivity index (χ2n) is 5.80. The van der Waals surface area contributed by atoms with Crippen LogP contribution in [0.4, 0.5) is 4.39 Å². The van der Waals surface area contributed by atoms with E-state index in [1.165, 1.54) is 24.1 Å². The van der Waals surface area contributed by atoms with Gasteiger partial charge < -0.3 is 10.6 Å². The van der Waals surface area contributed by atoms with Crippen molar-refractivity contribution in [2.45, 2.75) is 18.8 Å². The van der Waals surface area contributed by atoms with Crippen LogP contribution in [0.2, 0.25) is 0 Å². The number of rotatable bonds is 4. The van der Waals surface area contributed by atoms with Gasteiger partial charge in [-0.2, -0.15) is 0 Å². The van der Waals surface area contributed by atoms with Crippen molar-refractivity contribution in [1.29, 1.82) is 0 Å². The van der Waals surface area contributed by atoms with Crippen LogP contribution in [0, 0.1) is 17.7 Å². The molecule has 0 bridgehead atoms. The lowest BCUT2D eigenvalue weighted by Crippen LogP contribution is -2.28. The van der Waals surface area contributed by atoms with Crippen molar-refractivity contribution in [1.82, 2.24) is 4.90 Å². The fourth-order valence-corrected chi connectivity index (χ4v) is 3.13. The molecular weight excluding hydrogens is 243 g/mol. The molecule has 3 atom stereocenters. The van der Waals surface area contributed by atoms with Crippen molar-refractivity contribution in [2.24, 2.45) is 17.6 Å². The summed E-state index contributed by atoms with van der Waals surface area (Å²) in [5, 5.41) is 0. The van der Waals surface area contributed by atoms with E-state index in [1.54, 1.807) is 0 Å². The summed E-state index contributed by atoms with van der Waals surface area (Å²) < 4.78 is 12.9. The van der Waals surface area contributed by atoms with Crippen molar-refractivity contribution >= 4 is 5.91 Å². The molecule has 0 unspecified atom stereocenters. The van der Waals surface area contributed by atoms with Crippen LogP contribution >= 0.6 is 0 Å². The number of carbonyl (C=O) groups is 1. The topological polar surface area (TPSA) is 46.3 Å². The molecule has 1 aliphatic heterocycles. The van der Waals surface area contributed by atoms with E-state index in [4.69, 9.17) is 5.73 Å². The molecule has 0 aromatic heterocycles. The number of nitrogens with zero attached hydrogens (tertiary/aromatic N) is 1. The van der Waals surface area contributed by atoms with Crippen LogP contribution in [0.5, 0.6) is 0 Å². The zero-order chi connectivity index (χ0) is 13.4. The van der Waals surface area contributed by atoms with E-state index in [9.17, 15) is 9.18 Å². The maximum atomic E-state index is 12.9. The van der Waals surface area contributed by atoms with Crippen LogP contribution < -0.4 is 5.73 Å². The van der Waals surface area contributed by atoms with Crippen molar-refractivity contribution in [3.8, 4) is 0 Å². The highest BCUT2D eigenvalue weighted by molar-refractivity contribution is 5.77. The predicted molar refractivity (Wildman–Crippen MR) is 71.0 cm³/mol. The molecule has 1 aromatic rings. The fraction of sp³-hybridized carbons (Fsp3) is 0.533. The van der Waals surface area contributed by atoms with Crippen LogP contribution in [0.15, 0.2) is 24.3 Å². The Kier molecular flexibility index (Phi) is 3.27. The smallest absolute Gasteiger partial charge is 0.221 e. The van der Waals surface area contributed by atoms with E-state index >= 15 is 0 Å². The van der Waals surface area contributed by atoms with E-state index in [2.05, 4.69) is 4.90 Å². The third-order valence-corrected chi connectivity index (χ3v) is 4.39. The minimum Gasteiger partial charge on any atom is -0.369 e. The van der Waals surface area contributed by atoms with Gasteiger partial charge in [-0.05, 0) is 48.9 Å². The molecule has 2 N–H and O–H groups in total. The highest BCUT2D eigenvalue weighted by Gasteiger charge is 2.40. The van der Waals surface area contributed by atoms with Crippen molar-refractivity contribution in [2.75, 3.05) is 19.6 Å². The number of hydrogen-bond donors (Lipinski definition) is 1. The summed E-state index contributed by atoms with van der Waals surface area (Å²) in [6, 6.07) is 6.83. The Morgan fingerprint density at radius 2 is 2.11 bits per heavy atom. The molecular formula is C15H19FN2O. The Morgan fingerprint density at radius 3 is 2.74 bits per heavy atom. The summed E-state index contributed by atoms with van der Waals surface area (Å²) in [7, 11) is 0. The number of halogens is 1. The van der Waals surface area contributed by atoms with Gasteiger partial charge in [0.15, 0.2) is 0 Å². The molecule has 1 aromatic carbocycles. The first-order chi connectivity index (χ1) is 9.13. The molecule has 0 spiro atoms. The molecule has 1 aliphatic carbocycles. The molecule has 1 heterocycles. The lowest BCUT2D eigenvalue weighted by molar-refractivity contribution is -0.121. The van der Waals surface area contributed by atoms with Gasteiger partial charge in [0.05, 0.1) is 5.92 Å². The van der Waals surface area contributed by atoms with Gasteiger partial charge in [-0.15, -0.1) is 0 Å². The lowest BCUT2D eigenvalue weighted by atomic mass is 10.1. The molecule has 2 aliphatic rings. The van der Waals surface area contributed by atoms with E-state index in [-0.39, 0.29) is 17.6 Å². The molecule has 1 amide bonds. The molecule has 0 radical (unpaired) electrons. The number of amides is 1. The van der Waals surface area contributed by atoms with Crippen LogP contribution in [0.25, 0.3) is 0 Å². The Morgan fingerprint density at radius 1 is 1.37 bits per heavy atom. The van der Waals surface area contributed by atoms with E-state index < -0.39 is 0 Å². The predicted octanol–water partition coefficient (Wildman–Crippen LogP) is 1.74. The van der Waals surface area contributed by atoms with E-state index in [0.717, 1.165) is 26.1 Å². The minimum absolute atomic E-state index is 0.0306. The lowest BCUT2D eigenvalue weighted by Gasteiger charge is -2.15. The zero-order valence-electron chi connectivity index (χ0n) is 10.9. The standard InChI is InChI=1S/C15H19FN2O/c16-13-3-1-10(2-4-13)14-7-12(14)9-18-6-5-11(8-18)15(17)19/h1-4,11-12,14H,5-9H2,(H2,17,19)/t11-,12+,14-/m1/s1. The minimum atomic E-state index is -0.176. The second-order valence-corrected chi connectivity index (χ2v) is 5.80. The Labute approximate surface area is 112 Å². The number of hydrogen-bond acceptors (Lipinski definition) is 2. The van der Waals surface area contributed by atoms with Gasteiger partial charge >= 0.3 is 0 Å². The van der Waals surface area contributed by atoms with E-state index in [0.29, 0.717) is 11.8 Å². The third-order valence-electron chi connectivity index (χ3n) is 4.39. The number of nitrogens with two attached hydrogens (primary N) is 1. The fourth-order valence-electron chi connectivity index (χ4n) is 3.13. The second kappa shape index (κ2) is 4.93. The van der Waals surface area contributed by atoms with Gasteiger partial charge in [0.1, 0.15) is 5.82 Å². The Balaban J connectivity index is 1.51. The summed E-state index contributed by atoms with van der Waals surface area (Å²) in [5.74, 6) is 0.895. The number of primary amides is 1. The molecule has 19 heavy (non-hydrogen) atoms. The van der Waals surface area contributed by atoms with E-state index in [1.807, 2.05) is 12.1 Å². The van der Waals surface area contributed by atoms with Gasteiger partial charge in [0.2, 0.25) is 5.91 Å². The third kappa shape index (κ3) is 2.78. The molecule has 1 saturated carbocycles. The van der Waals surface area contributed by atoms with Gasteiger partial charge in [-0.1, -0.05) is 12.1 Å². The SMILES string of the molecule is NC(=O)[C@@H]1CCN(C[C@@H]2C[C@@H]2c2ccc(F)cc2)C1. The molecule has 102 valence electrons. The molecule has 4 heteroatoms. The monoisotopic (exact) mass is 262 g/mol. The molecule has 3 nitrogen and oxygen atoms in total. The first kappa shape index (κ1) is 12.6. The summed E-state index contributed by atoms with van der Waals surface area (Å²) in [4.78, 5) is 13.5. The maximum Gasteiger partial charge on any atom is 0.221 e. The maximum absolute atomic E-state index is 12.9. The zero-order valence-corrected chi connectivity index (χ0v) is 10.9. The summed E-state index contributed by atoms with van der Waals surface area (Å²) in [6.45, 7) is 2.81. The molecule has 3 rings (SSSR count). The van der Waals surface area contributed by atoms with Gasteiger partial charge in [0.25, 0.3) is 0 Å². The van der Waals surface area contributed by atoms with Crippen molar-refractivity contribution in [3.63, 3.8) is 0 Å². The average Bonchev–Trinajstić information content (AvgIpc) is 2.97.